The Morgan fingerprint density at radius 2 is 1.81 bits per heavy atom. The number of methoxy groups -OCH3 is 1. The molecule has 0 unspecified atom stereocenters. The fourth-order valence-electron chi connectivity index (χ4n) is 3.41. The maximum absolute atomic E-state index is 13.5. The van der Waals surface area contributed by atoms with Crippen molar-refractivity contribution in [2.45, 2.75) is 37.0 Å². The summed E-state index contributed by atoms with van der Waals surface area (Å²) in [6.07, 6.45) is 4.86. The molecule has 3 rings (SSSR count). The minimum absolute atomic E-state index is 0.196. The number of sulfonamides is 1. The van der Waals surface area contributed by atoms with E-state index in [-0.39, 0.29) is 11.3 Å². The van der Waals surface area contributed by atoms with Crippen molar-refractivity contribution >= 4 is 32.5 Å². The third kappa shape index (κ3) is 5.56. The van der Waals surface area contributed by atoms with Crippen LogP contribution in [0.4, 0.5) is 5.69 Å². The van der Waals surface area contributed by atoms with Gasteiger partial charge in [0, 0.05) is 30.1 Å². The van der Waals surface area contributed by atoms with E-state index in [1.165, 1.54) is 11.4 Å². The molecule has 0 spiro atoms. The number of aromatic nitrogens is 1. The van der Waals surface area contributed by atoms with Crippen LogP contribution >= 0.6 is 0 Å². The number of anilines is 1. The number of carbonyl (C=O) groups is 1. The van der Waals surface area contributed by atoms with E-state index in [0.717, 1.165) is 23.7 Å². The Hall–Kier alpha value is -3.04. The fraction of sp³-hybridized carbons (Fsp3) is 0.318. The van der Waals surface area contributed by atoms with E-state index < -0.39 is 15.9 Å². The summed E-state index contributed by atoms with van der Waals surface area (Å²) >= 11 is 0. The second-order valence-electron chi connectivity index (χ2n) is 7.20. The Kier molecular flexibility index (Phi) is 7.54. The van der Waals surface area contributed by atoms with Crippen LogP contribution in [0, 0.1) is 0 Å². The number of amides is 1. The molecule has 31 heavy (non-hydrogen) atoms. The summed E-state index contributed by atoms with van der Waals surface area (Å²) in [4.78, 5) is 14.4. The number of hydroxylamine groups is 1. The van der Waals surface area contributed by atoms with Crippen molar-refractivity contribution in [1.82, 2.24) is 10.5 Å². The molecule has 3 aromatic rings. The number of ether oxygens (including phenoxy) is 1. The van der Waals surface area contributed by atoms with Crippen molar-refractivity contribution in [3.63, 3.8) is 0 Å². The lowest BCUT2D eigenvalue weighted by molar-refractivity contribution is -0.129. The predicted octanol–water partition coefficient (Wildman–Crippen LogP) is 3.83. The number of hydrogen-bond donors (Lipinski definition) is 3. The summed E-state index contributed by atoms with van der Waals surface area (Å²) in [5.74, 6) is 0.176. The largest absolute Gasteiger partial charge is 0.497 e. The summed E-state index contributed by atoms with van der Waals surface area (Å²) in [7, 11) is -2.24. The monoisotopic (exact) mass is 445 g/mol. The molecule has 166 valence electrons. The van der Waals surface area contributed by atoms with Crippen LogP contribution in [-0.4, -0.2) is 38.2 Å². The van der Waals surface area contributed by atoms with E-state index >= 15 is 0 Å². The van der Waals surface area contributed by atoms with Gasteiger partial charge in [0.25, 0.3) is 10.0 Å². The first-order valence-corrected chi connectivity index (χ1v) is 11.6. The molecule has 0 fully saturated rings. The van der Waals surface area contributed by atoms with E-state index in [1.54, 1.807) is 35.8 Å². The molecule has 1 aromatic heterocycles. The Morgan fingerprint density at radius 3 is 2.52 bits per heavy atom. The molecular weight excluding hydrogens is 418 g/mol. The molecule has 9 heteroatoms. The van der Waals surface area contributed by atoms with Gasteiger partial charge in [-0.25, -0.2) is 13.9 Å². The van der Waals surface area contributed by atoms with Gasteiger partial charge in [-0.15, -0.1) is 0 Å². The number of nitrogens with zero attached hydrogens (tertiary/aromatic N) is 1. The van der Waals surface area contributed by atoms with Crippen LogP contribution in [0.25, 0.3) is 10.9 Å². The van der Waals surface area contributed by atoms with E-state index in [1.807, 2.05) is 24.4 Å². The summed E-state index contributed by atoms with van der Waals surface area (Å²) in [5, 5.41) is 9.48. The van der Waals surface area contributed by atoms with Crippen molar-refractivity contribution < 1.29 is 23.2 Å². The van der Waals surface area contributed by atoms with Gasteiger partial charge in [-0.2, -0.15) is 0 Å². The molecule has 0 aliphatic carbocycles. The zero-order chi connectivity index (χ0) is 22.3. The number of nitrogens with one attached hydrogen (secondary N) is 2. The molecule has 0 aliphatic heterocycles. The highest BCUT2D eigenvalue weighted by molar-refractivity contribution is 7.92. The van der Waals surface area contributed by atoms with Crippen LogP contribution in [0.15, 0.2) is 59.6 Å². The second kappa shape index (κ2) is 10.3. The fourth-order valence-corrected chi connectivity index (χ4v) is 4.90. The highest BCUT2D eigenvalue weighted by Gasteiger charge is 2.25. The van der Waals surface area contributed by atoms with E-state index in [0.29, 0.717) is 30.8 Å². The first-order valence-electron chi connectivity index (χ1n) is 10.1. The molecular formula is C22H27N3O5S. The average Bonchev–Trinajstić information content (AvgIpc) is 3.26. The Balaban J connectivity index is 1.78. The van der Waals surface area contributed by atoms with Gasteiger partial charge in [-0.05, 0) is 61.4 Å². The van der Waals surface area contributed by atoms with Crippen LogP contribution in [0.3, 0.4) is 0 Å². The highest BCUT2D eigenvalue weighted by Crippen LogP contribution is 2.28. The number of hydrogen-bond acceptors (Lipinski definition) is 5. The van der Waals surface area contributed by atoms with Crippen LogP contribution in [-0.2, 0) is 14.8 Å². The molecule has 0 radical (unpaired) electrons. The lowest BCUT2D eigenvalue weighted by Gasteiger charge is -2.25. The lowest BCUT2D eigenvalue weighted by atomic mass is 10.1. The summed E-state index contributed by atoms with van der Waals surface area (Å²) in [5.41, 5.74) is 3.15. The third-order valence-electron chi connectivity index (χ3n) is 5.11. The average molecular weight is 446 g/mol. The number of H-pyrrole nitrogens is 1. The van der Waals surface area contributed by atoms with E-state index in [2.05, 4.69) is 4.98 Å². The van der Waals surface area contributed by atoms with Gasteiger partial charge < -0.3 is 9.72 Å². The zero-order valence-corrected chi connectivity index (χ0v) is 18.2. The van der Waals surface area contributed by atoms with Crippen LogP contribution in [0.1, 0.15) is 32.1 Å². The number of rotatable bonds is 11. The molecule has 3 N–H and O–H groups in total. The smallest absolute Gasteiger partial charge is 0.264 e. The Bertz CT molecular complexity index is 1110. The standard InChI is InChI=1S/C22H27N3O5S/c1-30-19-8-10-20(11-9-19)31(28,29)25(15-5-3-2-4-6-22(26)24-27)18-7-12-21-17(16-18)13-14-23-21/h7-14,16,23,27H,2-6,15H2,1H3,(H,24,26). The van der Waals surface area contributed by atoms with Gasteiger partial charge in [0.15, 0.2) is 0 Å². The molecule has 0 saturated carbocycles. The van der Waals surface area contributed by atoms with Gasteiger partial charge in [-0.1, -0.05) is 12.8 Å². The molecule has 8 nitrogen and oxygen atoms in total. The normalized spacial score (nSPS) is 11.4. The van der Waals surface area contributed by atoms with Gasteiger partial charge in [0.2, 0.25) is 5.91 Å². The number of aromatic amines is 1. The van der Waals surface area contributed by atoms with E-state index in [4.69, 9.17) is 9.94 Å². The molecule has 0 saturated heterocycles. The molecule has 0 aliphatic rings. The molecule has 0 atom stereocenters. The minimum atomic E-state index is -3.77. The van der Waals surface area contributed by atoms with Crippen molar-refractivity contribution in [2.75, 3.05) is 18.0 Å². The summed E-state index contributed by atoms with van der Waals surface area (Å²) in [6.45, 7) is 0.316. The predicted molar refractivity (Wildman–Crippen MR) is 119 cm³/mol. The SMILES string of the molecule is COc1ccc(S(=O)(=O)N(CCCCCCC(=O)NO)c2ccc3[nH]ccc3c2)cc1. The molecule has 1 heterocycles. The Morgan fingerprint density at radius 1 is 1.06 bits per heavy atom. The first-order chi connectivity index (χ1) is 15.0. The minimum Gasteiger partial charge on any atom is -0.497 e. The second-order valence-corrected chi connectivity index (χ2v) is 9.06. The van der Waals surface area contributed by atoms with Gasteiger partial charge in [0.1, 0.15) is 5.75 Å². The maximum atomic E-state index is 13.5. The van der Waals surface area contributed by atoms with Crippen molar-refractivity contribution in [2.24, 2.45) is 0 Å². The highest BCUT2D eigenvalue weighted by atomic mass is 32.2. The maximum Gasteiger partial charge on any atom is 0.264 e. The molecule has 0 bridgehead atoms. The first kappa shape index (κ1) is 22.6. The lowest BCUT2D eigenvalue weighted by Crippen LogP contribution is -2.32. The quantitative estimate of drug-likeness (QED) is 0.236. The summed E-state index contributed by atoms with van der Waals surface area (Å²) < 4.78 is 33.5. The Labute approximate surface area is 181 Å². The van der Waals surface area contributed by atoms with Gasteiger partial charge >= 0.3 is 0 Å². The topological polar surface area (TPSA) is 112 Å². The van der Waals surface area contributed by atoms with Crippen LogP contribution in [0.2, 0.25) is 0 Å². The summed E-state index contributed by atoms with van der Waals surface area (Å²) in [6, 6.07) is 13.8. The third-order valence-corrected chi connectivity index (χ3v) is 6.95. The molecule has 1 amide bonds. The molecule has 2 aromatic carbocycles. The number of unbranched alkanes of at least 4 members (excludes halogenated alkanes) is 3. The number of carbonyl (C=O) groups excluding carboxylic acids is 1. The van der Waals surface area contributed by atoms with E-state index in [9.17, 15) is 13.2 Å². The van der Waals surface area contributed by atoms with Crippen LogP contribution in [0.5, 0.6) is 5.75 Å². The number of fused-ring (bicyclic) bond motifs is 1. The van der Waals surface area contributed by atoms with Crippen molar-refractivity contribution in [1.29, 1.82) is 0 Å². The van der Waals surface area contributed by atoms with Crippen molar-refractivity contribution in [3.05, 3.63) is 54.7 Å². The van der Waals surface area contributed by atoms with Gasteiger partial charge in [-0.3, -0.25) is 14.3 Å². The van der Waals surface area contributed by atoms with Crippen molar-refractivity contribution in [3.8, 4) is 5.75 Å². The van der Waals surface area contributed by atoms with Gasteiger partial charge in [0.05, 0.1) is 17.7 Å². The van der Waals surface area contributed by atoms with Crippen LogP contribution < -0.4 is 14.5 Å². The number of benzene rings is 2. The zero-order valence-electron chi connectivity index (χ0n) is 17.4.